The van der Waals surface area contributed by atoms with Crippen molar-refractivity contribution in [2.24, 2.45) is 11.7 Å². The zero-order valence-electron chi connectivity index (χ0n) is 10.9. The summed E-state index contributed by atoms with van der Waals surface area (Å²) in [6.45, 7) is 6.22. The molecule has 1 heterocycles. The highest BCUT2D eigenvalue weighted by Crippen LogP contribution is 2.39. The number of anilines is 1. The van der Waals surface area contributed by atoms with Gasteiger partial charge < -0.3 is 10.6 Å². The van der Waals surface area contributed by atoms with Crippen LogP contribution in [0.25, 0.3) is 0 Å². The van der Waals surface area contributed by atoms with Crippen molar-refractivity contribution in [3.8, 4) is 0 Å². The Hall–Kier alpha value is -0.750. The Morgan fingerprint density at radius 1 is 1.56 bits per heavy atom. The standard InChI is InChI=1S/C12H20N4S2/c1-8(2)7-16(6-5-10(13)17)12-14-11(15-18-12)9-3-4-9/h8-9H,3-7H2,1-2H3,(H2,13,17). The Morgan fingerprint density at radius 2 is 2.28 bits per heavy atom. The van der Waals surface area contributed by atoms with Crippen molar-refractivity contribution in [2.45, 2.75) is 39.0 Å². The normalized spacial score (nSPS) is 15.1. The van der Waals surface area contributed by atoms with Crippen LogP contribution >= 0.6 is 23.8 Å². The Bertz CT molecular complexity index is 412. The van der Waals surface area contributed by atoms with E-state index in [1.807, 2.05) is 0 Å². The molecule has 1 saturated carbocycles. The van der Waals surface area contributed by atoms with Crippen molar-refractivity contribution in [3.63, 3.8) is 0 Å². The van der Waals surface area contributed by atoms with Gasteiger partial charge in [0.05, 0.1) is 4.99 Å². The third-order valence-electron chi connectivity index (χ3n) is 2.86. The quantitative estimate of drug-likeness (QED) is 0.780. The molecule has 2 rings (SSSR count). The van der Waals surface area contributed by atoms with Gasteiger partial charge in [0.25, 0.3) is 0 Å². The molecule has 1 aliphatic rings. The second-order valence-electron chi connectivity index (χ2n) is 5.27. The third kappa shape index (κ3) is 3.88. The van der Waals surface area contributed by atoms with E-state index >= 15 is 0 Å². The summed E-state index contributed by atoms with van der Waals surface area (Å²) in [5.74, 6) is 2.23. The molecule has 1 aromatic heterocycles. The average molecular weight is 284 g/mol. The van der Waals surface area contributed by atoms with Gasteiger partial charge in [0.1, 0.15) is 5.82 Å². The van der Waals surface area contributed by atoms with Gasteiger partial charge in [-0.1, -0.05) is 26.1 Å². The SMILES string of the molecule is CC(C)CN(CCC(N)=S)c1nc(C2CC2)ns1. The van der Waals surface area contributed by atoms with Crippen LogP contribution in [-0.4, -0.2) is 27.4 Å². The Balaban J connectivity index is 2.02. The van der Waals surface area contributed by atoms with Gasteiger partial charge in [-0.25, -0.2) is 4.98 Å². The van der Waals surface area contributed by atoms with Gasteiger partial charge in [0.2, 0.25) is 5.13 Å². The maximum Gasteiger partial charge on any atom is 0.205 e. The van der Waals surface area contributed by atoms with Gasteiger partial charge in [0, 0.05) is 37.0 Å². The topological polar surface area (TPSA) is 55.0 Å². The van der Waals surface area contributed by atoms with Crippen LogP contribution in [0, 0.1) is 5.92 Å². The number of nitrogens with zero attached hydrogens (tertiary/aromatic N) is 3. The first-order valence-electron chi connectivity index (χ1n) is 6.43. The zero-order valence-corrected chi connectivity index (χ0v) is 12.6. The summed E-state index contributed by atoms with van der Waals surface area (Å²) in [5.41, 5.74) is 5.59. The van der Waals surface area contributed by atoms with Crippen molar-refractivity contribution in [1.29, 1.82) is 0 Å². The van der Waals surface area contributed by atoms with Crippen molar-refractivity contribution in [3.05, 3.63) is 5.82 Å². The second kappa shape index (κ2) is 5.93. The number of thiocarbonyl (C=S) groups is 1. The van der Waals surface area contributed by atoms with Crippen LogP contribution in [0.1, 0.15) is 44.9 Å². The minimum Gasteiger partial charge on any atom is -0.393 e. The van der Waals surface area contributed by atoms with Gasteiger partial charge in [-0.2, -0.15) is 4.37 Å². The van der Waals surface area contributed by atoms with Gasteiger partial charge in [-0.05, 0) is 18.8 Å². The van der Waals surface area contributed by atoms with E-state index in [-0.39, 0.29) is 0 Å². The van der Waals surface area contributed by atoms with Crippen LogP contribution in [0.5, 0.6) is 0 Å². The molecular weight excluding hydrogens is 264 g/mol. The molecule has 0 saturated heterocycles. The summed E-state index contributed by atoms with van der Waals surface area (Å²) in [6.07, 6.45) is 3.22. The summed E-state index contributed by atoms with van der Waals surface area (Å²) in [7, 11) is 0. The summed E-state index contributed by atoms with van der Waals surface area (Å²) in [4.78, 5) is 7.48. The van der Waals surface area contributed by atoms with Gasteiger partial charge in [0.15, 0.2) is 0 Å². The first-order valence-corrected chi connectivity index (χ1v) is 7.61. The molecule has 2 N–H and O–H groups in total. The molecule has 0 spiro atoms. The van der Waals surface area contributed by atoms with Gasteiger partial charge >= 0.3 is 0 Å². The van der Waals surface area contributed by atoms with Crippen molar-refractivity contribution in [1.82, 2.24) is 9.36 Å². The second-order valence-corrected chi connectivity index (χ2v) is 6.52. The minimum absolute atomic E-state index is 0.565. The Labute approximate surface area is 118 Å². The fourth-order valence-electron chi connectivity index (χ4n) is 1.81. The molecule has 0 radical (unpaired) electrons. The van der Waals surface area contributed by atoms with E-state index in [0.717, 1.165) is 30.5 Å². The first kappa shape index (κ1) is 13.7. The fourth-order valence-corrected chi connectivity index (χ4v) is 2.69. The Morgan fingerprint density at radius 3 is 2.83 bits per heavy atom. The van der Waals surface area contributed by atoms with E-state index < -0.39 is 0 Å². The summed E-state index contributed by atoms with van der Waals surface area (Å²) < 4.78 is 4.46. The first-order chi connectivity index (χ1) is 8.56. The molecule has 0 bridgehead atoms. The molecule has 0 unspecified atom stereocenters. The molecular formula is C12H20N4S2. The molecule has 1 aliphatic carbocycles. The summed E-state index contributed by atoms with van der Waals surface area (Å²) >= 11 is 6.45. The molecule has 18 heavy (non-hydrogen) atoms. The lowest BCUT2D eigenvalue weighted by Gasteiger charge is -2.23. The smallest absolute Gasteiger partial charge is 0.205 e. The number of aromatic nitrogens is 2. The van der Waals surface area contributed by atoms with E-state index in [4.69, 9.17) is 18.0 Å². The maximum atomic E-state index is 5.59. The third-order valence-corrected chi connectivity index (χ3v) is 3.85. The predicted octanol–water partition coefficient (Wildman–Crippen LogP) is 2.55. The zero-order chi connectivity index (χ0) is 13.1. The average Bonchev–Trinajstić information content (AvgIpc) is 3.02. The molecule has 100 valence electrons. The van der Waals surface area contributed by atoms with E-state index in [2.05, 4.69) is 28.1 Å². The van der Waals surface area contributed by atoms with Crippen molar-refractivity contribution >= 4 is 33.9 Å². The van der Waals surface area contributed by atoms with E-state index in [1.165, 1.54) is 24.4 Å². The molecule has 0 amide bonds. The van der Waals surface area contributed by atoms with Crippen LogP contribution in [-0.2, 0) is 0 Å². The number of nitrogens with two attached hydrogens (primary N) is 1. The largest absolute Gasteiger partial charge is 0.393 e. The number of rotatable bonds is 7. The van der Waals surface area contributed by atoms with Gasteiger partial charge in [-0.15, -0.1) is 0 Å². The van der Waals surface area contributed by atoms with E-state index in [0.29, 0.717) is 16.8 Å². The molecule has 1 aromatic rings. The van der Waals surface area contributed by atoms with Crippen LogP contribution in [0.2, 0.25) is 0 Å². The summed E-state index contributed by atoms with van der Waals surface area (Å²) in [5, 5.41) is 1.02. The monoisotopic (exact) mass is 284 g/mol. The predicted molar refractivity (Wildman–Crippen MR) is 80.3 cm³/mol. The van der Waals surface area contributed by atoms with Crippen LogP contribution in [0.4, 0.5) is 5.13 Å². The van der Waals surface area contributed by atoms with Crippen molar-refractivity contribution < 1.29 is 0 Å². The molecule has 4 nitrogen and oxygen atoms in total. The van der Waals surface area contributed by atoms with E-state index in [9.17, 15) is 0 Å². The molecule has 0 aromatic carbocycles. The minimum atomic E-state index is 0.565. The highest BCUT2D eigenvalue weighted by Gasteiger charge is 2.28. The lowest BCUT2D eigenvalue weighted by atomic mass is 10.2. The van der Waals surface area contributed by atoms with Crippen LogP contribution < -0.4 is 10.6 Å². The molecule has 0 atom stereocenters. The van der Waals surface area contributed by atoms with Gasteiger partial charge in [-0.3, -0.25) is 0 Å². The Kier molecular flexibility index (Phi) is 4.50. The lowest BCUT2D eigenvalue weighted by molar-refractivity contribution is 0.612. The number of hydrogen-bond donors (Lipinski definition) is 1. The molecule has 0 aliphatic heterocycles. The van der Waals surface area contributed by atoms with Crippen LogP contribution in [0.3, 0.4) is 0 Å². The fraction of sp³-hybridized carbons (Fsp3) is 0.750. The molecule has 6 heteroatoms. The summed E-state index contributed by atoms with van der Waals surface area (Å²) in [6, 6.07) is 0. The number of hydrogen-bond acceptors (Lipinski definition) is 5. The maximum absolute atomic E-state index is 5.59. The van der Waals surface area contributed by atoms with Crippen LogP contribution in [0.15, 0.2) is 0 Å². The van der Waals surface area contributed by atoms with E-state index in [1.54, 1.807) is 0 Å². The highest BCUT2D eigenvalue weighted by atomic mass is 32.1. The lowest BCUT2D eigenvalue weighted by Crippen LogP contribution is -2.30. The van der Waals surface area contributed by atoms with Crippen molar-refractivity contribution in [2.75, 3.05) is 18.0 Å². The highest BCUT2D eigenvalue weighted by molar-refractivity contribution is 7.80. The molecule has 1 fully saturated rings.